The van der Waals surface area contributed by atoms with Gasteiger partial charge in [0.2, 0.25) is 11.8 Å². The Morgan fingerprint density at radius 2 is 1.07 bits per heavy atom. The summed E-state index contributed by atoms with van der Waals surface area (Å²) in [6.07, 6.45) is 4.62. The number of nitrogens with zero attached hydrogens (tertiary/aromatic N) is 14. The number of aryl methyl sites for hydroxylation is 1. The van der Waals surface area contributed by atoms with Crippen molar-refractivity contribution in [2.75, 3.05) is 126 Å². The van der Waals surface area contributed by atoms with Gasteiger partial charge in [-0.15, -0.1) is 0 Å². The minimum atomic E-state index is -0.258. The summed E-state index contributed by atoms with van der Waals surface area (Å²) in [5.74, 6) is 1.59. The number of amides is 2. The largest absolute Gasteiger partial charge is 1.00 e. The number of aromatic nitrogens is 4. The topological polar surface area (TPSA) is 228 Å². The normalized spacial score (nSPS) is 16.2. The van der Waals surface area contributed by atoms with Gasteiger partial charge < -0.3 is 59.3 Å². The molecular weight excluding hydrogens is 1110 g/mol. The van der Waals surface area contributed by atoms with Crippen LogP contribution in [0.1, 0.15) is 40.9 Å². The van der Waals surface area contributed by atoms with Crippen molar-refractivity contribution in [3.05, 3.63) is 126 Å². The zero-order valence-corrected chi connectivity index (χ0v) is 53.2. The zero-order valence-electron chi connectivity index (χ0n) is 49.2. The van der Waals surface area contributed by atoms with Gasteiger partial charge in [0, 0.05) is 105 Å². The van der Waals surface area contributed by atoms with Gasteiger partial charge in [-0.25, -0.2) is 0 Å². The Kier molecular flexibility index (Phi) is 25.3. The van der Waals surface area contributed by atoms with Crippen LogP contribution in [0.25, 0.3) is 21.5 Å². The van der Waals surface area contributed by atoms with Crippen molar-refractivity contribution in [1.82, 2.24) is 39.5 Å². The molecule has 2 N–H and O–H groups in total. The molecule has 0 aliphatic carbocycles. The number of likely N-dealkylation sites (N-methyl/N-ethyl adjacent to an activating group) is 2. The van der Waals surface area contributed by atoms with Crippen LogP contribution in [0.5, 0.6) is 17.8 Å². The van der Waals surface area contributed by atoms with Crippen molar-refractivity contribution in [3.8, 4) is 29.9 Å². The van der Waals surface area contributed by atoms with Gasteiger partial charge in [-0.2, -0.15) is 57.5 Å². The van der Waals surface area contributed by atoms with E-state index in [1.54, 1.807) is 15.9 Å². The van der Waals surface area contributed by atoms with Crippen molar-refractivity contribution < 1.29 is 59.2 Å². The van der Waals surface area contributed by atoms with Crippen molar-refractivity contribution in [2.24, 2.45) is 0 Å². The molecule has 6 heterocycles. The minimum Gasteiger partial charge on any atom is -0.870 e. The van der Waals surface area contributed by atoms with E-state index < -0.39 is 0 Å². The van der Waals surface area contributed by atoms with E-state index in [-0.39, 0.29) is 105 Å². The SMILES string of the molecule is C=CC(=O)N1CCN(c2nc(OCCN(C)C)nc3c2CCN(c2cc(C)cc4ccccc24)C3)C[C@@H]1CC#N.C=CC(=O)N1CCN(c2nc(OCCN(C)C)nc3c2CCN(c2cc(O)cc4ccccc24)C3)C[C@@H]1CC#N.S.S.[Na+].[OH-]. The molecule has 440 valence electrons. The van der Waals surface area contributed by atoms with Gasteiger partial charge in [0.25, 0.3) is 0 Å². The molecule has 84 heavy (non-hydrogen) atoms. The number of phenolic OH excluding ortho intramolecular Hbond substituents is 1. The third kappa shape index (κ3) is 15.9. The summed E-state index contributed by atoms with van der Waals surface area (Å²) < 4.78 is 12.1. The van der Waals surface area contributed by atoms with Crippen LogP contribution in [-0.2, 0) is 35.5 Å². The summed E-state index contributed by atoms with van der Waals surface area (Å²) in [6.45, 7) is 17.8. The third-order valence-electron chi connectivity index (χ3n) is 15.2. The number of piperazine rings is 2. The Morgan fingerprint density at radius 1 is 0.643 bits per heavy atom. The van der Waals surface area contributed by atoms with Crippen molar-refractivity contribution in [3.63, 3.8) is 0 Å². The van der Waals surface area contributed by atoms with E-state index in [9.17, 15) is 25.2 Å². The standard InChI is InChI=1S/C31H37N7O2.C30H35N7O3.Na.H2O.2H2S/c1-5-29(39)38-15-14-37(20-24(38)10-12-32)30-26-11-13-36(21-27(26)33-31(34-30)40-17-16-35(3)4)28-19-22(2)18-23-8-6-7-9-25(23)28;1-4-28(39)37-14-13-36(19-22(37)9-11-31)29-25-10-12-35(20-26(25)32-30(33-29)40-16-15-34(2)3)27-18-23(38)17-21-7-5-6-8-24(21)27;;;;/h5-9,18-19,24H,1,10-11,13-17,20-21H2,2-4H3;4-8,17-18,22,38H,1,9-10,12-16,19-20H2,2-3H3;;3*1H2/q;;+1;;;/p-1/t24-;22-;;;;/m00..../s1. The van der Waals surface area contributed by atoms with E-state index in [2.05, 4.69) is 99.2 Å². The molecule has 23 heteroatoms. The molecule has 6 aromatic rings. The third-order valence-corrected chi connectivity index (χ3v) is 15.2. The van der Waals surface area contributed by atoms with Gasteiger partial charge in [-0.3, -0.25) is 9.59 Å². The number of phenols is 1. The number of aromatic hydroxyl groups is 1. The molecule has 0 spiro atoms. The van der Waals surface area contributed by atoms with Gasteiger partial charge in [0.1, 0.15) is 30.6 Å². The molecule has 0 unspecified atom stereocenters. The van der Waals surface area contributed by atoms with Crippen LogP contribution < -0.4 is 58.6 Å². The maximum atomic E-state index is 12.5. The Labute approximate surface area is 529 Å². The molecule has 2 aromatic heterocycles. The first-order valence-electron chi connectivity index (χ1n) is 27.4. The average Bonchev–Trinajstić information content (AvgIpc) is 3.53. The first kappa shape index (κ1) is 67.9. The van der Waals surface area contributed by atoms with Crippen LogP contribution in [0, 0.1) is 29.6 Å². The fourth-order valence-electron chi connectivity index (χ4n) is 11.2. The predicted molar refractivity (Wildman–Crippen MR) is 335 cm³/mol. The van der Waals surface area contributed by atoms with E-state index in [1.165, 1.54) is 34.2 Å². The zero-order chi connectivity index (χ0) is 56.5. The van der Waals surface area contributed by atoms with Crippen LogP contribution in [0.15, 0.2) is 98.1 Å². The summed E-state index contributed by atoms with van der Waals surface area (Å²) in [7, 11) is 7.98. The number of rotatable bonds is 16. The van der Waals surface area contributed by atoms with Gasteiger partial charge in [-0.05, 0) is 88.6 Å². The van der Waals surface area contributed by atoms with Crippen LogP contribution in [0.4, 0.5) is 23.0 Å². The molecule has 0 bridgehead atoms. The van der Waals surface area contributed by atoms with Crippen LogP contribution in [-0.4, -0.2) is 181 Å². The number of benzene rings is 4. The molecule has 2 atom stereocenters. The van der Waals surface area contributed by atoms with Crippen molar-refractivity contribution >= 4 is 83.4 Å². The van der Waals surface area contributed by atoms with E-state index in [0.717, 1.165) is 83.2 Å². The minimum absolute atomic E-state index is 0. The van der Waals surface area contributed by atoms with Gasteiger partial charge in [-0.1, -0.05) is 67.8 Å². The summed E-state index contributed by atoms with van der Waals surface area (Å²) in [5, 5.41) is 33.9. The fraction of sp³-hybridized carbons (Fsp3) is 0.410. The quantitative estimate of drug-likeness (QED) is 0.108. The van der Waals surface area contributed by atoms with E-state index >= 15 is 0 Å². The molecule has 20 nitrogen and oxygen atoms in total. The molecule has 0 saturated carbocycles. The first-order valence-corrected chi connectivity index (χ1v) is 27.4. The van der Waals surface area contributed by atoms with Crippen molar-refractivity contribution in [2.45, 2.75) is 57.8 Å². The predicted octanol–water partition coefficient (Wildman–Crippen LogP) is 3.57. The molecule has 0 radical (unpaired) electrons. The molecule has 2 amide bonds. The molecule has 2 fully saturated rings. The Bertz CT molecular complexity index is 3140. The van der Waals surface area contributed by atoms with Gasteiger partial charge in [0.15, 0.2) is 0 Å². The second-order valence-electron chi connectivity index (χ2n) is 21.2. The molecular formula is C61H77N14NaO6S2. The molecule has 4 aliphatic heterocycles. The maximum Gasteiger partial charge on any atom is 1.00 e. The molecule has 4 aliphatic rings. The molecule has 4 aromatic carbocycles. The first-order chi connectivity index (χ1) is 38.7. The molecule has 2 saturated heterocycles. The fourth-order valence-corrected chi connectivity index (χ4v) is 11.2. The summed E-state index contributed by atoms with van der Waals surface area (Å²) in [5.41, 5.74) is 7.41. The number of ether oxygens (including phenoxy) is 2. The number of hydrogen-bond acceptors (Lipinski definition) is 18. The second-order valence-corrected chi connectivity index (χ2v) is 21.2. The number of hydrogen-bond donors (Lipinski definition) is 1. The number of carbonyl (C=O) groups is 2. The maximum absolute atomic E-state index is 12.5. The Morgan fingerprint density at radius 3 is 1.50 bits per heavy atom. The van der Waals surface area contributed by atoms with E-state index in [1.807, 2.05) is 57.4 Å². The Hall–Kier alpha value is -6.86. The summed E-state index contributed by atoms with van der Waals surface area (Å²) in [6, 6.07) is 29.3. The Balaban J connectivity index is 0.000000293. The van der Waals surface area contributed by atoms with Crippen LogP contribution in [0.3, 0.4) is 0 Å². The number of anilines is 4. The van der Waals surface area contributed by atoms with Crippen LogP contribution >= 0.6 is 27.0 Å². The van der Waals surface area contributed by atoms with E-state index in [4.69, 9.17) is 29.4 Å². The van der Waals surface area contributed by atoms with Gasteiger partial charge in [0.05, 0.1) is 61.5 Å². The number of nitriles is 2. The van der Waals surface area contributed by atoms with Crippen molar-refractivity contribution in [1.29, 1.82) is 10.5 Å². The van der Waals surface area contributed by atoms with E-state index in [0.29, 0.717) is 84.0 Å². The number of carbonyl (C=O) groups excluding carboxylic acids is 2. The smallest absolute Gasteiger partial charge is 0.870 e. The summed E-state index contributed by atoms with van der Waals surface area (Å²) >= 11 is 0. The monoisotopic (exact) mass is 1190 g/mol. The average molecular weight is 1190 g/mol. The van der Waals surface area contributed by atoms with Gasteiger partial charge >= 0.3 is 41.6 Å². The molecule has 10 rings (SSSR count). The second kappa shape index (κ2) is 31.3. The number of fused-ring (bicyclic) bond motifs is 4. The van der Waals surface area contributed by atoms with Crippen LogP contribution in [0.2, 0.25) is 0 Å². The summed E-state index contributed by atoms with van der Waals surface area (Å²) in [4.78, 5) is 61.0.